The molecular weight excluding hydrogens is 432 g/mol. The molecule has 1 spiro atoms. The first kappa shape index (κ1) is 23.0. The molecule has 6 atom stereocenters. The van der Waals surface area contributed by atoms with Gasteiger partial charge in [0.15, 0.2) is 5.79 Å². The van der Waals surface area contributed by atoms with E-state index in [1.54, 1.807) is 16.7 Å². The molecule has 1 N–H and O–H groups in total. The van der Waals surface area contributed by atoms with Crippen LogP contribution in [-0.2, 0) is 9.47 Å². The molecule has 1 aliphatic heterocycles. The number of allylic oxidation sites excluding steroid dienone is 2. The van der Waals surface area contributed by atoms with Crippen molar-refractivity contribution in [2.45, 2.75) is 109 Å². The first-order chi connectivity index (χ1) is 16.8. The lowest BCUT2D eigenvalue weighted by Crippen LogP contribution is -2.52. The van der Waals surface area contributed by atoms with E-state index >= 15 is 0 Å². The fourth-order valence-corrected chi connectivity index (χ4v) is 8.95. The van der Waals surface area contributed by atoms with Crippen LogP contribution >= 0.6 is 0 Å². The summed E-state index contributed by atoms with van der Waals surface area (Å²) < 4.78 is 13.0. The van der Waals surface area contributed by atoms with Crippen molar-refractivity contribution in [3.05, 3.63) is 46.5 Å². The lowest BCUT2D eigenvalue weighted by Gasteiger charge is -2.55. The van der Waals surface area contributed by atoms with Crippen molar-refractivity contribution >= 4 is 0 Å². The van der Waals surface area contributed by atoms with Crippen LogP contribution < -0.4 is 0 Å². The number of hydrogen-bond acceptors (Lipinski definition) is 3. The summed E-state index contributed by atoms with van der Waals surface area (Å²) in [4.78, 5) is 0. The molecule has 1 aromatic carbocycles. The van der Waals surface area contributed by atoms with E-state index in [0.29, 0.717) is 23.7 Å². The monoisotopic (exact) mass is 476 g/mol. The molecule has 6 aliphatic rings. The Kier molecular flexibility index (Phi) is 5.20. The summed E-state index contributed by atoms with van der Waals surface area (Å²) in [7, 11) is 0. The first-order valence-corrected chi connectivity index (χ1v) is 14.6. The third kappa shape index (κ3) is 3.70. The minimum atomic E-state index is -0.356. The summed E-state index contributed by atoms with van der Waals surface area (Å²) in [6.45, 7) is 8.53. The van der Waals surface area contributed by atoms with Gasteiger partial charge in [-0.3, -0.25) is 0 Å². The number of fused-ring (bicyclic) bond motifs is 4. The standard InChI is InChI=1S/C32H44O3/c1-30(2)18-34-32(35-19-30)14-13-24-23(16-32)9-10-25-27-11-12-28(33)31(27,3)17-26(29(24)25)22-6-4-5-21(15-22)20-7-8-20/h4-6,15,20,23,25-28,33H,7-14,16-19H2,1-3H3. The fourth-order valence-electron chi connectivity index (χ4n) is 8.95. The smallest absolute Gasteiger partial charge is 0.169 e. The zero-order chi connectivity index (χ0) is 24.0. The highest BCUT2D eigenvalue weighted by Crippen LogP contribution is 2.65. The van der Waals surface area contributed by atoms with Crippen molar-refractivity contribution in [3.8, 4) is 0 Å². The van der Waals surface area contributed by atoms with Gasteiger partial charge < -0.3 is 14.6 Å². The molecule has 6 unspecified atom stereocenters. The molecule has 4 saturated carbocycles. The van der Waals surface area contributed by atoms with E-state index in [9.17, 15) is 5.11 Å². The first-order valence-electron chi connectivity index (χ1n) is 14.6. The van der Waals surface area contributed by atoms with E-state index < -0.39 is 0 Å². The van der Waals surface area contributed by atoms with Crippen LogP contribution in [0, 0.1) is 28.6 Å². The van der Waals surface area contributed by atoms with Crippen LogP contribution in [-0.4, -0.2) is 30.2 Å². The number of aliphatic hydroxyl groups is 1. The molecule has 5 aliphatic carbocycles. The van der Waals surface area contributed by atoms with Crippen LogP contribution in [0.15, 0.2) is 35.4 Å². The summed E-state index contributed by atoms with van der Waals surface area (Å²) in [5.41, 5.74) is 6.79. The van der Waals surface area contributed by atoms with Crippen LogP contribution in [0.1, 0.15) is 108 Å². The van der Waals surface area contributed by atoms with Gasteiger partial charge in [-0.1, -0.05) is 56.2 Å². The molecule has 3 heteroatoms. The maximum absolute atomic E-state index is 11.2. The molecule has 0 aromatic heterocycles. The second-order valence-corrected chi connectivity index (χ2v) is 14.1. The largest absolute Gasteiger partial charge is 0.393 e. The van der Waals surface area contributed by atoms with Gasteiger partial charge in [0.25, 0.3) is 0 Å². The average Bonchev–Trinajstić information content (AvgIpc) is 3.66. The van der Waals surface area contributed by atoms with Crippen LogP contribution in [0.4, 0.5) is 0 Å². The maximum Gasteiger partial charge on any atom is 0.169 e. The van der Waals surface area contributed by atoms with Gasteiger partial charge in [0, 0.05) is 24.2 Å². The molecule has 0 amide bonds. The summed E-state index contributed by atoms with van der Waals surface area (Å²) in [5.74, 6) is 2.78. The zero-order valence-electron chi connectivity index (χ0n) is 22.0. The van der Waals surface area contributed by atoms with Gasteiger partial charge in [-0.05, 0) is 91.6 Å². The Morgan fingerprint density at radius 2 is 1.60 bits per heavy atom. The molecular formula is C32H44O3. The van der Waals surface area contributed by atoms with Crippen molar-refractivity contribution in [3.63, 3.8) is 0 Å². The topological polar surface area (TPSA) is 38.7 Å². The summed E-state index contributed by atoms with van der Waals surface area (Å²) in [6.07, 6.45) is 11.6. The molecule has 3 nitrogen and oxygen atoms in total. The van der Waals surface area contributed by atoms with Gasteiger partial charge in [0.05, 0.1) is 19.3 Å². The van der Waals surface area contributed by atoms with Crippen molar-refractivity contribution in [1.29, 1.82) is 0 Å². The summed E-state index contributed by atoms with van der Waals surface area (Å²) in [6, 6.07) is 9.60. The van der Waals surface area contributed by atoms with E-state index in [2.05, 4.69) is 45.0 Å². The van der Waals surface area contributed by atoms with Gasteiger partial charge in [0.1, 0.15) is 0 Å². The maximum atomic E-state index is 11.2. The second kappa shape index (κ2) is 7.92. The number of hydrogen-bond donors (Lipinski definition) is 1. The Bertz CT molecular complexity index is 1020. The van der Waals surface area contributed by atoms with Crippen LogP contribution in [0.25, 0.3) is 0 Å². The molecule has 7 rings (SSSR count). The second-order valence-electron chi connectivity index (χ2n) is 14.1. The molecule has 0 radical (unpaired) electrons. The summed E-state index contributed by atoms with van der Waals surface area (Å²) in [5, 5.41) is 11.2. The third-order valence-corrected chi connectivity index (χ3v) is 11.1. The Hall–Kier alpha value is -1.16. The Morgan fingerprint density at radius 1 is 0.857 bits per heavy atom. The third-order valence-electron chi connectivity index (χ3n) is 11.1. The molecule has 1 aromatic rings. The fraction of sp³-hybridized carbons (Fsp3) is 0.750. The van der Waals surface area contributed by atoms with E-state index in [1.807, 2.05) is 0 Å². The molecule has 35 heavy (non-hydrogen) atoms. The minimum Gasteiger partial charge on any atom is -0.393 e. The van der Waals surface area contributed by atoms with E-state index in [0.717, 1.165) is 51.2 Å². The number of ether oxygens (including phenoxy) is 2. The van der Waals surface area contributed by atoms with Crippen LogP contribution in [0.3, 0.4) is 0 Å². The van der Waals surface area contributed by atoms with Crippen LogP contribution in [0.2, 0.25) is 0 Å². The highest BCUT2D eigenvalue weighted by molar-refractivity contribution is 5.42. The van der Waals surface area contributed by atoms with E-state index in [1.165, 1.54) is 37.7 Å². The van der Waals surface area contributed by atoms with E-state index in [4.69, 9.17) is 9.47 Å². The van der Waals surface area contributed by atoms with Gasteiger partial charge in [-0.2, -0.15) is 0 Å². The van der Waals surface area contributed by atoms with Crippen molar-refractivity contribution in [2.75, 3.05) is 13.2 Å². The van der Waals surface area contributed by atoms with Gasteiger partial charge in [-0.25, -0.2) is 0 Å². The lowest BCUT2D eigenvalue weighted by atomic mass is 9.52. The Morgan fingerprint density at radius 3 is 2.37 bits per heavy atom. The SMILES string of the molecule is CC1(C)COC2(CCC3=C4C(c5cccc(C6CC6)c5)CC5(C)C(O)CCC5C4CCC3C2)OC1. The molecule has 5 fully saturated rings. The molecule has 1 saturated heterocycles. The zero-order valence-corrected chi connectivity index (χ0v) is 22.0. The van der Waals surface area contributed by atoms with Crippen LogP contribution in [0.5, 0.6) is 0 Å². The number of rotatable bonds is 2. The summed E-state index contributed by atoms with van der Waals surface area (Å²) >= 11 is 0. The molecule has 190 valence electrons. The van der Waals surface area contributed by atoms with Crippen molar-refractivity contribution < 1.29 is 14.6 Å². The molecule has 1 heterocycles. The highest BCUT2D eigenvalue weighted by Gasteiger charge is 2.57. The minimum absolute atomic E-state index is 0.0544. The Labute approximate surface area is 211 Å². The van der Waals surface area contributed by atoms with Crippen molar-refractivity contribution in [1.82, 2.24) is 0 Å². The van der Waals surface area contributed by atoms with Gasteiger partial charge in [-0.15, -0.1) is 0 Å². The van der Waals surface area contributed by atoms with Gasteiger partial charge >= 0.3 is 0 Å². The Balaban J connectivity index is 1.27. The normalized spacial score (nSPS) is 41.9. The van der Waals surface area contributed by atoms with Gasteiger partial charge in [0.2, 0.25) is 0 Å². The van der Waals surface area contributed by atoms with E-state index in [-0.39, 0.29) is 22.7 Å². The quantitative estimate of drug-likeness (QED) is 0.463. The lowest BCUT2D eigenvalue weighted by molar-refractivity contribution is -0.312. The number of aliphatic hydroxyl groups excluding tert-OH is 1. The molecule has 0 bridgehead atoms. The highest BCUT2D eigenvalue weighted by atomic mass is 16.7. The predicted octanol–water partition coefficient (Wildman–Crippen LogP) is 7.10. The van der Waals surface area contributed by atoms with Crippen molar-refractivity contribution in [2.24, 2.45) is 28.6 Å². The number of benzene rings is 1. The average molecular weight is 477 g/mol. The predicted molar refractivity (Wildman–Crippen MR) is 138 cm³/mol.